The summed E-state index contributed by atoms with van der Waals surface area (Å²) in [6.45, 7) is 6.81. The summed E-state index contributed by atoms with van der Waals surface area (Å²) >= 11 is 0. The van der Waals surface area contributed by atoms with E-state index >= 15 is 0 Å². The van der Waals surface area contributed by atoms with Crippen LogP contribution in [0.15, 0.2) is 54.9 Å². The first kappa shape index (κ1) is 18.1. The van der Waals surface area contributed by atoms with Gasteiger partial charge in [-0.3, -0.25) is 15.4 Å². The van der Waals surface area contributed by atoms with E-state index in [1.54, 1.807) is 6.20 Å². The van der Waals surface area contributed by atoms with Crippen molar-refractivity contribution >= 4 is 16.7 Å². The van der Waals surface area contributed by atoms with Crippen molar-refractivity contribution in [1.29, 1.82) is 0 Å². The molecule has 1 aromatic carbocycles. The van der Waals surface area contributed by atoms with Crippen molar-refractivity contribution < 1.29 is 0 Å². The van der Waals surface area contributed by atoms with Crippen LogP contribution >= 0.6 is 0 Å². The summed E-state index contributed by atoms with van der Waals surface area (Å²) in [4.78, 5) is 8.89. The number of aryl methyl sites for hydroxylation is 2. The summed E-state index contributed by atoms with van der Waals surface area (Å²) in [6, 6.07) is 14.7. The van der Waals surface area contributed by atoms with Crippen molar-refractivity contribution in [2.24, 2.45) is 0 Å². The number of anilines is 1. The standard InChI is InChI=1S/C22H24N6/c1-14-11-18(9-10-23-14)21-19-12-24-22(15(2)20(19)27-28-21)26-13-25-16(3)17-7-5-4-6-8-17/h4-12,16,25H,13H2,1-3H3,(H,24,26)(H,27,28)/t16-/m1/s1. The molecule has 0 aliphatic rings. The van der Waals surface area contributed by atoms with Crippen molar-refractivity contribution in [3.63, 3.8) is 0 Å². The highest BCUT2D eigenvalue weighted by Gasteiger charge is 2.13. The number of nitrogens with zero attached hydrogens (tertiary/aromatic N) is 3. The summed E-state index contributed by atoms with van der Waals surface area (Å²) in [7, 11) is 0. The predicted molar refractivity (Wildman–Crippen MR) is 113 cm³/mol. The van der Waals surface area contributed by atoms with Gasteiger partial charge in [-0.2, -0.15) is 5.10 Å². The molecule has 0 bridgehead atoms. The van der Waals surface area contributed by atoms with Crippen molar-refractivity contribution in [3.8, 4) is 11.3 Å². The molecule has 0 amide bonds. The molecule has 4 aromatic rings. The summed E-state index contributed by atoms with van der Waals surface area (Å²) < 4.78 is 0. The van der Waals surface area contributed by atoms with Gasteiger partial charge in [-0.05, 0) is 38.5 Å². The van der Waals surface area contributed by atoms with Gasteiger partial charge in [0.15, 0.2) is 0 Å². The molecule has 6 heteroatoms. The van der Waals surface area contributed by atoms with E-state index in [1.807, 2.05) is 31.3 Å². The molecule has 28 heavy (non-hydrogen) atoms. The minimum Gasteiger partial charge on any atom is -0.357 e. The Bertz CT molecular complexity index is 1090. The zero-order valence-corrected chi connectivity index (χ0v) is 16.3. The Morgan fingerprint density at radius 2 is 1.89 bits per heavy atom. The lowest BCUT2D eigenvalue weighted by Gasteiger charge is -2.16. The fourth-order valence-corrected chi connectivity index (χ4v) is 3.35. The number of hydrogen-bond donors (Lipinski definition) is 3. The third-order valence-corrected chi connectivity index (χ3v) is 4.99. The van der Waals surface area contributed by atoms with Crippen LogP contribution in [0.4, 0.5) is 5.82 Å². The van der Waals surface area contributed by atoms with Gasteiger partial charge in [0.25, 0.3) is 0 Å². The molecule has 3 aromatic heterocycles. The fraction of sp³-hybridized carbons (Fsp3) is 0.227. The van der Waals surface area contributed by atoms with E-state index < -0.39 is 0 Å². The number of fused-ring (bicyclic) bond motifs is 1. The molecule has 0 unspecified atom stereocenters. The quantitative estimate of drug-likeness (QED) is 0.438. The van der Waals surface area contributed by atoms with Crippen LogP contribution in [0, 0.1) is 13.8 Å². The Morgan fingerprint density at radius 3 is 2.68 bits per heavy atom. The second-order valence-corrected chi connectivity index (χ2v) is 6.97. The van der Waals surface area contributed by atoms with Crippen LogP contribution in [0.5, 0.6) is 0 Å². The largest absolute Gasteiger partial charge is 0.357 e. The van der Waals surface area contributed by atoms with Gasteiger partial charge in [-0.25, -0.2) is 4.98 Å². The van der Waals surface area contributed by atoms with Gasteiger partial charge in [0.05, 0.1) is 12.2 Å². The fourth-order valence-electron chi connectivity index (χ4n) is 3.35. The maximum atomic E-state index is 4.63. The van der Waals surface area contributed by atoms with Gasteiger partial charge in [0.1, 0.15) is 11.5 Å². The summed E-state index contributed by atoms with van der Waals surface area (Å²) in [6.07, 6.45) is 3.68. The summed E-state index contributed by atoms with van der Waals surface area (Å²) in [5, 5.41) is 15.6. The third kappa shape index (κ3) is 3.59. The topological polar surface area (TPSA) is 78.5 Å². The lowest BCUT2D eigenvalue weighted by molar-refractivity contribution is 0.602. The van der Waals surface area contributed by atoms with E-state index in [-0.39, 0.29) is 6.04 Å². The number of aromatic nitrogens is 4. The van der Waals surface area contributed by atoms with E-state index in [1.165, 1.54) is 5.56 Å². The first-order valence-electron chi connectivity index (χ1n) is 9.42. The molecule has 3 heterocycles. The average Bonchev–Trinajstić information content (AvgIpc) is 3.15. The molecule has 0 aliphatic carbocycles. The smallest absolute Gasteiger partial charge is 0.132 e. The number of benzene rings is 1. The van der Waals surface area contributed by atoms with Gasteiger partial charge in [0.2, 0.25) is 0 Å². The lowest BCUT2D eigenvalue weighted by Crippen LogP contribution is -2.25. The Morgan fingerprint density at radius 1 is 1.07 bits per heavy atom. The molecule has 1 atom stereocenters. The van der Waals surface area contributed by atoms with Gasteiger partial charge >= 0.3 is 0 Å². The molecular weight excluding hydrogens is 348 g/mol. The minimum atomic E-state index is 0.256. The second kappa shape index (κ2) is 7.78. The van der Waals surface area contributed by atoms with Gasteiger partial charge in [-0.15, -0.1) is 0 Å². The number of hydrogen-bond acceptors (Lipinski definition) is 5. The SMILES string of the molecule is Cc1cc(-c2n[nH]c3c(C)c(NCN[C@H](C)c4ccccc4)ncc23)ccn1. The molecule has 0 saturated heterocycles. The molecule has 0 fully saturated rings. The minimum absolute atomic E-state index is 0.256. The number of aromatic amines is 1. The van der Waals surface area contributed by atoms with E-state index in [4.69, 9.17) is 0 Å². The van der Waals surface area contributed by atoms with Gasteiger partial charge in [-0.1, -0.05) is 30.3 Å². The predicted octanol–water partition coefficient (Wildman–Crippen LogP) is 4.36. The Hall–Kier alpha value is -3.25. The first-order valence-corrected chi connectivity index (χ1v) is 9.42. The van der Waals surface area contributed by atoms with E-state index in [0.29, 0.717) is 6.67 Å². The van der Waals surface area contributed by atoms with E-state index in [2.05, 4.69) is 68.9 Å². The number of pyridine rings is 2. The number of nitrogens with one attached hydrogen (secondary N) is 3. The van der Waals surface area contributed by atoms with Crippen molar-refractivity contribution in [2.45, 2.75) is 26.8 Å². The normalized spacial score (nSPS) is 12.2. The first-order chi connectivity index (χ1) is 13.6. The van der Waals surface area contributed by atoms with Crippen LogP contribution in [0.3, 0.4) is 0 Å². The van der Waals surface area contributed by atoms with Gasteiger partial charge < -0.3 is 5.32 Å². The maximum absolute atomic E-state index is 4.63. The third-order valence-electron chi connectivity index (χ3n) is 4.99. The zero-order valence-electron chi connectivity index (χ0n) is 16.3. The Labute approximate surface area is 164 Å². The molecule has 0 radical (unpaired) electrons. The highest BCUT2D eigenvalue weighted by atomic mass is 15.1. The second-order valence-electron chi connectivity index (χ2n) is 6.97. The van der Waals surface area contributed by atoms with Crippen LogP contribution in [-0.4, -0.2) is 26.8 Å². The lowest BCUT2D eigenvalue weighted by atomic mass is 10.1. The highest BCUT2D eigenvalue weighted by molar-refractivity contribution is 5.95. The Balaban J connectivity index is 1.51. The zero-order chi connectivity index (χ0) is 19.5. The van der Waals surface area contributed by atoms with Crippen molar-refractivity contribution in [3.05, 3.63) is 71.7 Å². The monoisotopic (exact) mass is 372 g/mol. The Kier molecular flexibility index (Phi) is 5.04. The van der Waals surface area contributed by atoms with Crippen LogP contribution in [0.1, 0.15) is 29.8 Å². The van der Waals surface area contributed by atoms with Crippen molar-refractivity contribution in [1.82, 2.24) is 25.5 Å². The van der Waals surface area contributed by atoms with Crippen LogP contribution in [0.2, 0.25) is 0 Å². The molecular formula is C22H24N6. The molecule has 142 valence electrons. The number of rotatable bonds is 6. The van der Waals surface area contributed by atoms with E-state index in [0.717, 1.165) is 39.2 Å². The number of H-pyrrole nitrogens is 1. The average molecular weight is 372 g/mol. The van der Waals surface area contributed by atoms with Crippen LogP contribution in [-0.2, 0) is 0 Å². The molecule has 3 N–H and O–H groups in total. The van der Waals surface area contributed by atoms with Crippen LogP contribution < -0.4 is 10.6 Å². The van der Waals surface area contributed by atoms with Crippen molar-refractivity contribution in [2.75, 3.05) is 12.0 Å². The highest BCUT2D eigenvalue weighted by Crippen LogP contribution is 2.29. The molecule has 0 aliphatic heterocycles. The molecule has 0 spiro atoms. The summed E-state index contributed by atoms with van der Waals surface area (Å²) in [5.74, 6) is 0.848. The van der Waals surface area contributed by atoms with E-state index in [9.17, 15) is 0 Å². The molecule has 6 nitrogen and oxygen atoms in total. The maximum Gasteiger partial charge on any atom is 0.132 e. The van der Waals surface area contributed by atoms with Crippen LogP contribution in [0.25, 0.3) is 22.2 Å². The summed E-state index contributed by atoms with van der Waals surface area (Å²) in [5.41, 5.74) is 6.22. The van der Waals surface area contributed by atoms with Gasteiger partial charge in [0, 0.05) is 40.6 Å². The molecule has 0 saturated carbocycles. The molecule has 4 rings (SSSR count).